The smallest absolute Gasteiger partial charge is 0.255 e. The van der Waals surface area contributed by atoms with Crippen molar-refractivity contribution in [3.8, 4) is 0 Å². The van der Waals surface area contributed by atoms with Gasteiger partial charge in [-0.1, -0.05) is 42.5 Å². The molecule has 0 N–H and O–H groups in total. The predicted molar refractivity (Wildman–Crippen MR) is 138 cm³/mol. The van der Waals surface area contributed by atoms with E-state index in [1.54, 1.807) is 11.8 Å². The van der Waals surface area contributed by atoms with Gasteiger partial charge in [0, 0.05) is 55.8 Å². The highest BCUT2D eigenvalue weighted by Crippen LogP contribution is 2.27. The van der Waals surface area contributed by atoms with Crippen molar-refractivity contribution in [1.82, 2.24) is 19.2 Å². The number of rotatable bonds is 6. The summed E-state index contributed by atoms with van der Waals surface area (Å²) in [7, 11) is 0. The van der Waals surface area contributed by atoms with Gasteiger partial charge in [0.15, 0.2) is 0 Å². The first kappa shape index (κ1) is 22.7. The second kappa shape index (κ2) is 10.5. The molecule has 0 saturated carbocycles. The fourth-order valence-corrected chi connectivity index (χ4v) is 5.44. The topological polar surface area (TPSA) is 40.9 Å². The molecule has 6 heteroatoms. The summed E-state index contributed by atoms with van der Waals surface area (Å²) >= 11 is 1.68. The van der Waals surface area contributed by atoms with Gasteiger partial charge in [-0.25, -0.2) is 4.98 Å². The maximum Gasteiger partial charge on any atom is 0.255 e. The van der Waals surface area contributed by atoms with E-state index in [9.17, 15) is 4.79 Å². The third-order valence-corrected chi connectivity index (χ3v) is 7.54. The van der Waals surface area contributed by atoms with Crippen LogP contribution < -0.4 is 0 Å². The molecular formula is C28H30N4OS. The summed E-state index contributed by atoms with van der Waals surface area (Å²) in [5.74, 6) is 0.867. The van der Waals surface area contributed by atoms with Gasteiger partial charge in [-0.15, -0.1) is 11.8 Å². The van der Waals surface area contributed by atoms with Crippen molar-refractivity contribution in [3.63, 3.8) is 0 Å². The van der Waals surface area contributed by atoms with E-state index < -0.39 is 0 Å². The Morgan fingerprint density at radius 2 is 1.76 bits per heavy atom. The van der Waals surface area contributed by atoms with E-state index in [4.69, 9.17) is 4.98 Å². The molecule has 34 heavy (non-hydrogen) atoms. The first-order valence-electron chi connectivity index (χ1n) is 11.9. The molecule has 0 aliphatic carbocycles. The minimum absolute atomic E-state index is 0.135. The summed E-state index contributed by atoms with van der Waals surface area (Å²) in [5.41, 5.74) is 5.46. The number of benzene rings is 2. The lowest BCUT2D eigenvalue weighted by Crippen LogP contribution is -2.35. The standard InChI is InChI=1S/C28H30N4OS/c1-22-9-2-3-10-23(22)19-30-14-8-16-31(18-17-30)28(33)25-11-4-5-12-26(25)34-21-24-20-32-15-7-6-13-27(32)29-24/h2-7,9-13,15,20H,8,14,16-19,21H2,1H3. The maximum atomic E-state index is 13.5. The van der Waals surface area contributed by atoms with Crippen LogP contribution in [0.2, 0.25) is 0 Å². The fraction of sp³-hybridized carbons (Fsp3) is 0.286. The summed E-state index contributed by atoms with van der Waals surface area (Å²) < 4.78 is 2.03. The highest BCUT2D eigenvalue weighted by atomic mass is 32.2. The number of hydrogen-bond acceptors (Lipinski definition) is 4. The minimum atomic E-state index is 0.135. The van der Waals surface area contributed by atoms with Gasteiger partial charge in [0.25, 0.3) is 5.91 Å². The number of amides is 1. The number of aryl methyl sites for hydroxylation is 1. The van der Waals surface area contributed by atoms with Crippen LogP contribution in [-0.2, 0) is 12.3 Å². The highest BCUT2D eigenvalue weighted by Gasteiger charge is 2.22. The van der Waals surface area contributed by atoms with Gasteiger partial charge in [0.1, 0.15) is 5.65 Å². The predicted octanol–water partition coefficient (Wildman–Crippen LogP) is 5.28. The number of hydrogen-bond donors (Lipinski definition) is 0. The average Bonchev–Trinajstić information content (AvgIpc) is 3.14. The Bertz CT molecular complexity index is 1250. The summed E-state index contributed by atoms with van der Waals surface area (Å²) in [6.07, 6.45) is 5.06. The Hall–Kier alpha value is -3.09. The van der Waals surface area contributed by atoms with E-state index in [-0.39, 0.29) is 5.91 Å². The van der Waals surface area contributed by atoms with Gasteiger partial charge in [-0.2, -0.15) is 0 Å². The largest absolute Gasteiger partial charge is 0.337 e. The fourth-order valence-electron chi connectivity index (χ4n) is 4.51. The molecule has 4 aromatic rings. The molecule has 0 atom stereocenters. The van der Waals surface area contributed by atoms with Gasteiger partial charge in [-0.05, 0) is 48.7 Å². The Balaban J connectivity index is 1.24. The number of thioether (sulfide) groups is 1. The average molecular weight is 471 g/mol. The summed E-state index contributed by atoms with van der Waals surface area (Å²) in [6.45, 7) is 6.59. The van der Waals surface area contributed by atoms with Crippen LogP contribution in [0.25, 0.3) is 5.65 Å². The monoisotopic (exact) mass is 470 g/mol. The van der Waals surface area contributed by atoms with Gasteiger partial charge in [0.05, 0.1) is 11.3 Å². The van der Waals surface area contributed by atoms with Crippen LogP contribution in [0.15, 0.2) is 84.0 Å². The van der Waals surface area contributed by atoms with Crippen molar-refractivity contribution in [2.45, 2.75) is 30.5 Å². The molecule has 2 aromatic carbocycles. The van der Waals surface area contributed by atoms with Crippen molar-refractivity contribution >= 4 is 23.3 Å². The van der Waals surface area contributed by atoms with E-state index in [0.29, 0.717) is 0 Å². The van der Waals surface area contributed by atoms with Gasteiger partial charge in [-0.3, -0.25) is 9.69 Å². The molecule has 1 aliphatic heterocycles. The van der Waals surface area contributed by atoms with E-state index in [0.717, 1.165) is 66.7 Å². The zero-order valence-corrected chi connectivity index (χ0v) is 20.4. The summed E-state index contributed by atoms with van der Waals surface area (Å²) in [5, 5.41) is 0. The molecule has 0 unspecified atom stereocenters. The number of carbonyl (C=O) groups excluding carboxylic acids is 1. The number of imidazole rings is 1. The molecular weight excluding hydrogens is 440 g/mol. The molecule has 2 aromatic heterocycles. The lowest BCUT2D eigenvalue weighted by Gasteiger charge is -2.23. The SMILES string of the molecule is Cc1ccccc1CN1CCCN(C(=O)c2ccccc2SCc2cn3ccccc3n2)CC1. The lowest BCUT2D eigenvalue weighted by atomic mass is 10.1. The van der Waals surface area contributed by atoms with E-state index >= 15 is 0 Å². The van der Waals surface area contributed by atoms with Crippen LogP contribution in [0.1, 0.15) is 33.6 Å². The van der Waals surface area contributed by atoms with Crippen molar-refractivity contribution in [3.05, 3.63) is 102 Å². The van der Waals surface area contributed by atoms with Gasteiger partial charge >= 0.3 is 0 Å². The normalized spacial score (nSPS) is 14.9. The highest BCUT2D eigenvalue weighted by molar-refractivity contribution is 7.98. The molecule has 0 bridgehead atoms. The third kappa shape index (κ3) is 5.18. The molecule has 0 spiro atoms. The zero-order valence-electron chi connectivity index (χ0n) is 19.6. The Morgan fingerprint density at radius 3 is 2.65 bits per heavy atom. The molecule has 1 amide bonds. The molecule has 1 fully saturated rings. The van der Waals surface area contributed by atoms with Crippen molar-refractivity contribution in [1.29, 1.82) is 0 Å². The molecule has 174 valence electrons. The first-order valence-corrected chi connectivity index (χ1v) is 12.9. The number of nitrogens with zero attached hydrogens (tertiary/aromatic N) is 4. The molecule has 5 nitrogen and oxygen atoms in total. The third-order valence-electron chi connectivity index (χ3n) is 6.44. The van der Waals surface area contributed by atoms with E-state index in [1.807, 2.05) is 51.9 Å². The first-order chi connectivity index (χ1) is 16.7. The number of carbonyl (C=O) groups is 1. The Morgan fingerprint density at radius 1 is 0.941 bits per heavy atom. The van der Waals surface area contributed by atoms with E-state index in [1.165, 1.54) is 11.1 Å². The van der Waals surface area contributed by atoms with Crippen molar-refractivity contribution in [2.75, 3.05) is 26.2 Å². The van der Waals surface area contributed by atoms with Crippen LogP contribution >= 0.6 is 11.8 Å². The lowest BCUT2D eigenvalue weighted by molar-refractivity contribution is 0.0757. The van der Waals surface area contributed by atoms with Crippen LogP contribution in [-0.4, -0.2) is 51.3 Å². The number of aromatic nitrogens is 2. The molecule has 1 aliphatic rings. The van der Waals surface area contributed by atoms with Gasteiger partial charge < -0.3 is 9.30 Å². The summed E-state index contributed by atoms with van der Waals surface area (Å²) in [6, 6.07) is 22.6. The Kier molecular flexibility index (Phi) is 6.97. The van der Waals surface area contributed by atoms with Crippen LogP contribution in [0.3, 0.4) is 0 Å². The minimum Gasteiger partial charge on any atom is -0.337 e. The zero-order chi connectivity index (χ0) is 23.3. The summed E-state index contributed by atoms with van der Waals surface area (Å²) in [4.78, 5) is 23.7. The Labute approximate surface area is 205 Å². The maximum absolute atomic E-state index is 13.5. The molecule has 3 heterocycles. The van der Waals surface area contributed by atoms with E-state index in [2.05, 4.69) is 48.4 Å². The second-order valence-corrected chi connectivity index (χ2v) is 9.85. The second-order valence-electron chi connectivity index (χ2n) is 8.83. The van der Waals surface area contributed by atoms with Crippen LogP contribution in [0.4, 0.5) is 0 Å². The number of fused-ring (bicyclic) bond motifs is 1. The quantitative estimate of drug-likeness (QED) is 0.360. The van der Waals surface area contributed by atoms with Crippen LogP contribution in [0, 0.1) is 6.92 Å². The van der Waals surface area contributed by atoms with Crippen molar-refractivity contribution < 1.29 is 4.79 Å². The van der Waals surface area contributed by atoms with Crippen LogP contribution in [0.5, 0.6) is 0 Å². The molecule has 1 saturated heterocycles. The molecule has 0 radical (unpaired) electrons. The molecule has 5 rings (SSSR count). The van der Waals surface area contributed by atoms with Gasteiger partial charge in [0.2, 0.25) is 0 Å². The van der Waals surface area contributed by atoms with Crippen molar-refractivity contribution in [2.24, 2.45) is 0 Å². The number of pyridine rings is 1.